The Morgan fingerprint density at radius 2 is 1.69 bits per heavy atom. The lowest BCUT2D eigenvalue weighted by Gasteiger charge is -2.11. The SMILES string of the molecule is Cc1ccc(OCCCCn2c(CCCCCNC(=O)c3ccc(Cl)cc3)nc3ccccc32)cc1. The molecule has 4 rings (SSSR count). The number of benzene rings is 3. The number of aryl methyl sites for hydroxylation is 3. The first-order valence-electron chi connectivity index (χ1n) is 12.8. The Morgan fingerprint density at radius 1 is 0.917 bits per heavy atom. The summed E-state index contributed by atoms with van der Waals surface area (Å²) in [5.74, 6) is 2.01. The summed E-state index contributed by atoms with van der Waals surface area (Å²) in [5.41, 5.74) is 4.13. The van der Waals surface area contributed by atoms with Crippen molar-refractivity contribution in [3.8, 4) is 5.75 Å². The van der Waals surface area contributed by atoms with Crippen LogP contribution in [0.15, 0.2) is 72.8 Å². The minimum absolute atomic E-state index is 0.0557. The Labute approximate surface area is 218 Å². The Morgan fingerprint density at radius 3 is 2.50 bits per heavy atom. The normalized spacial score (nSPS) is 11.1. The van der Waals surface area contributed by atoms with Crippen LogP contribution in [0.3, 0.4) is 0 Å². The van der Waals surface area contributed by atoms with Gasteiger partial charge in [-0.1, -0.05) is 47.9 Å². The topological polar surface area (TPSA) is 56.1 Å². The molecule has 188 valence electrons. The summed E-state index contributed by atoms with van der Waals surface area (Å²) in [6, 6.07) is 23.5. The fourth-order valence-electron chi connectivity index (χ4n) is 4.25. The molecule has 4 aromatic rings. The molecule has 0 unspecified atom stereocenters. The fourth-order valence-corrected chi connectivity index (χ4v) is 4.38. The maximum atomic E-state index is 12.2. The predicted molar refractivity (Wildman–Crippen MR) is 147 cm³/mol. The number of imidazole rings is 1. The van der Waals surface area contributed by atoms with Crippen molar-refractivity contribution in [2.45, 2.75) is 52.0 Å². The Bertz CT molecular complexity index is 1250. The second-order valence-electron chi connectivity index (χ2n) is 9.11. The van der Waals surface area contributed by atoms with Crippen molar-refractivity contribution in [2.75, 3.05) is 13.2 Å². The highest BCUT2D eigenvalue weighted by Crippen LogP contribution is 2.19. The monoisotopic (exact) mass is 503 g/mol. The number of para-hydroxylation sites is 2. The van der Waals surface area contributed by atoms with E-state index in [1.807, 2.05) is 18.2 Å². The molecule has 36 heavy (non-hydrogen) atoms. The molecule has 0 saturated carbocycles. The summed E-state index contributed by atoms with van der Waals surface area (Å²) >= 11 is 5.89. The molecule has 0 fully saturated rings. The van der Waals surface area contributed by atoms with Crippen LogP contribution >= 0.6 is 11.6 Å². The zero-order chi connectivity index (χ0) is 25.2. The van der Waals surface area contributed by atoms with Gasteiger partial charge in [0.25, 0.3) is 5.91 Å². The van der Waals surface area contributed by atoms with Crippen LogP contribution in [0, 0.1) is 6.92 Å². The van der Waals surface area contributed by atoms with Crippen LogP contribution < -0.4 is 10.1 Å². The van der Waals surface area contributed by atoms with Gasteiger partial charge in [0.05, 0.1) is 17.6 Å². The number of carbonyl (C=O) groups excluding carboxylic acids is 1. The van der Waals surface area contributed by atoms with Crippen LogP contribution in [0.25, 0.3) is 11.0 Å². The summed E-state index contributed by atoms with van der Waals surface area (Å²) in [7, 11) is 0. The maximum Gasteiger partial charge on any atom is 0.251 e. The number of hydrogen-bond donors (Lipinski definition) is 1. The molecule has 0 radical (unpaired) electrons. The van der Waals surface area contributed by atoms with Gasteiger partial charge in [0.1, 0.15) is 11.6 Å². The molecule has 1 aromatic heterocycles. The molecule has 0 bridgehead atoms. The third-order valence-corrected chi connectivity index (χ3v) is 6.52. The van der Waals surface area contributed by atoms with E-state index in [1.165, 1.54) is 11.1 Å². The van der Waals surface area contributed by atoms with Gasteiger partial charge in [0.15, 0.2) is 0 Å². The highest BCUT2D eigenvalue weighted by Gasteiger charge is 2.10. The summed E-state index contributed by atoms with van der Waals surface area (Å²) in [4.78, 5) is 17.1. The van der Waals surface area contributed by atoms with E-state index >= 15 is 0 Å². The van der Waals surface area contributed by atoms with E-state index in [1.54, 1.807) is 24.3 Å². The van der Waals surface area contributed by atoms with Crippen LogP contribution in [0.4, 0.5) is 0 Å². The van der Waals surface area contributed by atoms with Gasteiger partial charge >= 0.3 is 0 Å². The van der Waals surface area contributed by atoms with Crippen molar-refractivity contribution in [1.29, 1.82) is 0 Å². The number of unbranched alkanes of at least 4 members (excludes halogenated alkanes) is 3. The maximum absolute atomic E-state index is 12.2. The van der Waals surface area contributed by atoms with E-state index in [2.05, 4.69) is 47.1 Å². The van der Waals surface area contributed by atoms with Crippen LogP contribution in [0.1, 0.15) is 53.8 Å². The van der Waals surface area contributed by atoms with Gasteiger partial charge in [-0.3, -0.25) is 4.79 Å². The summed E-state index contributed by atoms with van der Waals surface area (Å²) < 4.78 is 8.25. The second-order valence-corrected chi connectivity index (χ2v) is 9.55. The molecule has 1 N–H and O–H groups in total. The average molecular weight is 504 g/mol. The minimum Gasteiger partial charge on any atom is -0.494 e. The van der Waals surface area contributed by atoms with Gasteiger partial charge in [0.2, 0.25) is 0 Å². The fraction of sp³-hybridized carbons (Fsp3) is 0.333. The number of hydrogen-bond acceptors (Lipinski definition) is 3. The predicted octanol–water partition coefficient (Wildman–Crippen LogP) is 7.00. The van der Waals surface area contributed by atoms with Crippen LogP contribution in [-0.4, -0.2) is 28.6 Å². The van der Waals surface area contributed by atoms with Crippen molar-refractivity contribution >= 4 is 28.5 Å². The third kappa shape index (κ3) is 7.34. The summed E-state index contributed by atoms with van der Waals surface area (Å²) in [5, 5.41) is 3.62. The average Bonchev–Trinajstić information content (AvgIpc) is 3.24. The first-order valence-corrected chi connectivity index (χ1v) is 13.2. The number of fused-ring (bicyclic) bond motifs is 1. The summed E-state index contributed by atoms with van der Waals surface area (Å²) in [6.07, 6.45) is 5.98. The Balaban J connectivity index is 1.21. The number of nitrogens with one attached hydrogen (secondary N) is 1. The number of amides is 1. The third-order valence-electron chi connectivity index (χ3n) is 6.27. The highest BCUT2D eigenvalue weighted by molar-refractivity contribution is 6.30. The number of aromatic nitrogens is 2. The highest BCUT2D eigenvalue weighted by atomic mass is 35.5. The summed E-state index contributed by atoms with van der Waals surface area (Å²) in [6.45, 7) is 4.40. The van der Waals surface area contributed by atoms with Gasteiger partial charge in [0, 0.05) is 30.1 Å². The molecule has 0 aliphatic heterocycles. The lowest BCUT2D eigenvalue weighted by Crippen LogP contribution is -2.24. The molecule has 0 saturated heterocycles. The van der Waals surface area contributed by atoms with Gasteiger partial charge in [-0.15, -0.1) is 0 Å². The van der Waals surface area contributed by atoms with Crippen LogP contribution in [0.5, 0.6) is 5.75 Å². The van der Waals surface area contributed by atoms with Gasteiger partial charge in [-0.05, 0) is 81.1 Å². The molecule has 1 amide bonds. The van der Waals surface area contributed by atoms with Crippen molar-refractivity contribution in [3.05, 3.63) is 94.8 Å². The number of halogens is 1. The Hall–Kier alpha value is -3.31. The van der Waals surface area contributed by atoms with Crippen molar-refractivity contribution < 1.29 is 9.53 Å². The van der Waals surface area contributed by atoms with E-state index in [0.717, 1.165) is 62.2 Å². The van der Waals surface area contributed by atoms with Gasteiger partial charge in [-0.25, -0.2) is 4.98 Å². The lowest BCUT2D eigenvalue weighted by molar-refractivity contribution is 0.0953. The van der Waals surface area contributed by atoms with Crippen molar-refractivity contribution in [2.24, 2.45) is 0 Å². The van der Waals surface area contributed by atoms with Gasteiger partial charge in [-0.2, -0.15) is 0 Å². The van der Waals surface area contributed by atoms with E-state index in [4.69, 9.17) is 21.3 Å². The molecule has 3 aromatic carbocycles. The largest absolute Gasteiger partial charge is 0.494 e. The number of ether oxygens (including phenoxy) is 1. The van der Waals surface area contributed by atoms with Crippen molar-refractivity contribution in [3.63, 3.8) is 0 Å². The molecule has 0 atom stereocenters. The van der Waals surface area contributed by atoms with E-state index < -0.39 is 0 Å². The lowest BCUT2D eigenvalue weighted by atomic mass is 10.1. The molecule has 0 spiro atoms. The minimum atomic E-state index is -0.0557. The molecule has 1 heterocycles. The Kier molecular flexibility index (Phi) is 9.40. The number of rotatable bonds is 13. The van der Waals surface area contributed by atoms with E-state index in [9.17, 15) is 4.79 Å². The van der Waals surface area contributed by atoms with Crippen molar-refractivity contribution in [1.82, 2.24) is 14.9 Å². The van der Waals surface area contributed by atoms with Crippen LogP contribution in [-0.2, 0) is 13.0 Å². The number of nitrogens with zero attached hydrogens (tertiary/aromatic N) is 2. The number of carbonyl (C=O) groups is 1. The molecule has 0 aliphatic rings. The molecular weight excluding hydrogens is 470 g/mol. The standard InChI is InChI=1S/C30H34ClN3O2/c1-23-12-18-26(19-13-23)36-22-8-7-21-34-28-10-5-4-9-27(28)33-29(34)11-3-2-6-20-32-30(35)24-14-16-25(31)17-15-24/h4-5,9-10,12-19H,2-3,6-8,11,20-22H2,1H3,(H,32,35). The smallest absolute Gasteiger partial charge is 0.251 e. The zero-order valence-electron chi connectivity index (χ0n) is 20.9. The first-order chi connectivity index (χ1) is 17.6. The van der Waals surface area contributed by atoms with Gasteiger partial charge < -0.3 is 14.6 Å². The molecule has 6 heteroatoms. The van der Waals surface area contributed by atoms with Crippen LogP contribution in [0.2, 0.25) is 5.02 Å². The quantitative estimate of drug-likeness (QED) is 0.200. The van der Waals surface area contributed by atoms with E-state index in [-0.39, 0.29) is 5.91 Å². The van der Waals surface area contributed by atoms with E-state index in [0.29, 0.717) is 23.7 Å². The second kappa shape index (κ2) is 13.1. The molecule has 5 nitrogen and oxygen atoms in total. The first kappa shape index (κ1) is 25.8. The molecular formula is C30H34ClN3O2. The zero-order valence-corrected chi connectivity index (χ0v) is 21.6. The molecule has 0 aliphatic carbocycles.